The fraction of sp³-hybridized carbons (Fsp3) is 0.182. The summed E-state index contributed by atoms with van der Waals surface area (Å²) in [6, 6.07) is 6.91. The summed E-state index contributed by atoms with van der Waals surface area (Å²) in [6.45, 7) is 0. The van der Waals surface area contributed by atoms with Crippen molar-refractivity contribution in [1.29, 1.82) is 0 Å². The molecule has 0 saturated carbocycles. The Labute approximate surface area is 100 Å². The van der Waals surface area contributed by atoms with Crippen molar-refractivity contribution in [3.8, 4) is 0 Å². The van der Waals surface area contributed by atoms with Gasteiger partial charge in [-0.3, -0.25) is 4.98 Å². The Morgan fingerprint density at radius 1 is 1.18 bits per heavy atom. The van der Waals surface area contributed by atoms with Crippen LogP contribution in [0.1, 0.15) is 5.69 Å². The molecule has 0 amide bonds. The number of benzene rings is 1. The van der Waals surface area contributed by atoms with Gasteiger partial charge in [-0.2, -0.15) is 13.2 Å². The maximum absolute atomic E-state index is 12.3. The van der Waals surface area contributed by atoms with Crippen molar-refractivity contribution in [2.45, 2.75) is 12.6 Å². The van der Waals surface area contributed by atoms with Crippen LogP contribution < -0.4 is 0 Å². The van der Waals surface area contributed by atoms with Crippen molar-refractivity contribution in [2.24, 2.45) is 0 Å². The minimum atomic E-state index is -4.33. The van der Waals surface area contributed by atoms with Crippen LogP contribution in [-0.4, -0.2) is 16.1 Å². The largest absolute Gasteiger partial charge is 0.394 e. The molecular weight excluding hydrogens is 249 g/mol. The summed E-state index contributed by atoms with van der Waals surface area (Å²) in [4.78, 5) is 7.74. The number of rotatable bonds is 1. The molecule has 0 fully saturated rings. The summed E-state index contributed by atoms with van der Waals surface area (Å²) in [6.07, 6.45) is -4.12. The molecule has 6 heteroatoms. The number of hydrogen-bond acceptors (Lipinski definition) is 3. The van der Waals surface area contributed by atoms with Crippen LogP contribution >= 0.6 is 12.2 Å². The third-order valence-electron chi connectivity index (χ3n) is 2.13. The van der Waals surface area contributed by atoms with Crippen molar-refractivity contribution >= 4 is 23.1 Å². The van der Waals surface area contributed by atoms with Gasteiger partial charge in [0.25, 0.3) is 0 Å². The van der Waals surface area contributed by atoms with Gasteiger partial charge in [0, 0.05) is 11.6 Å². The van der Waals surface area contributed by atoms with Gasteiger partial charge in [-0.1, -0.05) is 30.4 Å². The van der Waals surface area contributed by atoms with E-state index < -0.39 is 12.6 Å². The lowest BCUT2D eigenvalue weighted by atomic mass is 10.2. The van der Waals surface area contributed by atoms with Gasteiger partial charge in [-0.25, -0.2) is 4.98 Å². The van der Waals surface area contributed by atoms with E-state index in [1.165, 1.54) is 6.20 Å². The van der Waals surface area contributed by atoms with E-state index in [0.29, 0.717) is 10.9 Å². The van der Waals surface area contributed by atoms with E-state index in [4.69, 9.17) is 12.2 Å². The molecule has 0 aliphatic carbocycles. The summed E-state index contributed by atoms with van der Waals surface area (Å²) >= 11 is 4.84. The number of hydrogen-bond donors (Lipinski definition) is 0. The normalized spacial score (nSPS) is 11.7. The second-order valence-corrected chi connectivity index (χ2v) is 3.86. The van der Waals surface area contributed by atoms with Gasteiger partial charge in [0.05, 0.1) is 17.6 Å². The molecule has 0 spiro atoms. The van der Waals surface area contributed by atoms with E-state index in [0.717, 1.165) is 0 Å². The molecule has 2 rings (SSSR count). The van der Waals surface area contributed by atoms with Gasteiger partial charge in [0.1, 0.15) is 4.64 Å². The zero-order valence-corrected chi connectivity index (χ0v) is 9.35. The zero-order chi connectivity index (χ0) is 12.5. The topological polar surface area (TPSA) is 25.8 Å². The highest BCUT2D eigenvalue weighted by Crippen LogP contribution is 2.20. The molecule has 1 heterocycles. The minimum Gasteiger partial charge on any atom is -0.257 e. The molecule has 0 aliphatic heterocycles. The maximum Gasteiger partial charge on any atom is 0.394 e. The number of aromatic nitrogens is 2. The highest BCUT2D eigenvalue weighted by Gasteiger charge is 2.29. The van der Waals surface area contributed by atoms with Crippen LogP contribution in [0.5, 0.6) is 0 Å². The summed E-state index contributed by atoms with van der Waals surface area (Å²) in [7, 11) is 0. The number of alkyl halides is 3. The van der Waals surface area contributed by atoms with E-state index in [9.17, 15) is 13.2 Å². The van der Waals surface area contributed by atoms with Gasteiger partial charge in [0.15, 0.2) is 0 Å². The van der Waals surface area contributed by atoms with E-state index in [1.54, 1.807) is 24.3 Å². The second kappa shape index (κ2) is 4.37. The monoisotopic (exact) mass is 256 g/mol. The van der Waals surface area contributed by atoms with E-state index in [2.05, 4.69) is 9.97 Å². The van der Waals surface area contributed by atoms with Crippen molar-refractivity contribution in [1.82, 2.24) is 9.97 Å². The summed E-state index contributed by atoms with van der Waals surface area (Å²) in [5.41, 5.74) is 0.321. The lowest BCUT2D eigenvalue weighted by Crippen LogP contribution is -2.12. The first-order chi connectivity index (χ1) is 7.96. The zero-order valence-electron chi connectivity index (χ0n) is 8.53. The molecule has 1 aromatic carbocycles. The van der Waals surface area contributed by atoms with Gasteiger partial charge in [-0.05, 0) is 6.07 Å². The van der Waals surface area contributed by atoms with Crippen molar-refractivity contribution in [2.75, 3.05) is 0 Å². The van der Waals surface area contributed by atoms with Crippen LogP contribution in [0.2, 0.25) is 0 Å². The highest BCUT2D eigenvalue weighted by molar-refractivity contribution is 7.71. The maximum atomic E-state index is 12.3. The quantitative estimate of drug-likeness (QED) is 0.731. The molecule has 17 heavy (non-hydrogen) atoms. The second-order valence-electron chi connectivity index (χ2n) is 3.47. The van der Waals surface area contributed by atoms with Crippen LogP contribution in [0.4, 0.5) is 13.2 Å². The molecule has 88 valence electrons. The molecule has 0 aliphatic rings. The SMILES string of the molecule is FC(F)(F)Cc1ncc2ccccc2nc1=S. The first-order valence-electron chi connectivity index (χ1n) is 4.77. The molecule has 2 aromatic rings. The van der Waals surface area contributed by atoms with Gasteiger partial charge >= 0.3 is 6.18 Å². The van der Waals surface area contributed by atoms with Crippen LogP contribution in [0.15, 0.2) is 30.5 Å². The molecule has 1 aromatic heterocycles. The predicted molar refractivity (Wildman–Crippen MR) is 60.1 cm³/mol. The molecule has 0 atom stereocenters. The van der Waals surface area contributed by atoms with E-state index in [-0.39, 0.29) is 10.3 Å². The molecule has 0 N–H and O–H groups in total. The Hall–Kier alpha value is -1.56. The average molecular weight is 256 g/mol. The van der Waals surface area contributed by atoms with Crippen molar-refractivity contribution in [3.05, 3.63) is 40.8 Å². The lowest BCUT2D eigenvalue weighted by molar-refractivity contribution is -0.127. The molecule has 0 unspecified atom stereocenters. The summed E-state index contributed by atoms with van der Waals surface area (Å²) < 4.78 is 36.7. The third-order valence-corrected chi connectivity index (χ3v) is 2.46. The summed E-state index contributed by atoms with van der Waals surface area (Å²) in [5, 5.41) is 0.659. The van der Waals surface area contributed by atoms with Crippen molar-refractivity contribution in [3.63, 3.8) is 0 Å². The van der Waals surface area contributed by atoms with Crippen molar-refractivity contribution < 1.29 is 13.2 Å². The first-order valence-corrected chi connectivity index (χ1v) is 5.18. The first kappa shape index (κ1) is 11.9. The number of halogens is 3. The molecule has 0 saturated heterocycles. The van der Waals surface area contributed by atoms with Crippen LogP contribution in [0, 0.1) is 4.64 Å². The van der Waals surface area contributed by atoms with Crippen LogP contribution in [-0.2, 0) is 6.42 Å². The third kappa shape index (κ3) is 2.97. The van der Waals surface area contributed by atoms with E-state index >= 15 is 0 Å². The summed E-state index contributed by atoms with van der Waals surface area (Å²) in [5.74, 6) is 0. The Morgan fingerprint density at radius 3 is 2.59 bits per heavy atom. The fourth-order valence-electron chi connectivity index (χ4n) is 1.39. The Balaban J connectivity index is 2.60. The van der Waals surface area contributed by atoms with E-state index in [1.807, 2.05) is 0 Å². The molecule has 0 bridgehead atoms. The molecule has 0 radical (unpaired) electrons. The average Bonchev–Trinajstić information content (AvgIpc) is 2.37. The minimum absolute atomic E-state index is 0.108. The standard InChI is InChI=1S/C11H7F3N2S/c12-11(13,14)5-9-10(17)16-8-4-2-1-3-7(8)6-15-9/h1-4,6H,5H2. The van der Waals surface area contributed by atoms with Crippen LogP contribution in [0.3, 0.4) is 0 Å². The van der Waals surface area contributed by atoms with Gasteiger partial charge in [-0.15, -0.1) is 0 Å². The predicted octanol–water partition coefficient (Wildman–Crippen LogP) is 3.46. The van der Waals surface area contributed by atoms with Crippen LogP contribution in [0.25, 0.3) is 10.9 Å². The highest BCUT2D eigenvalue weighted by atomic mass is 32.1. The smallest absolute Gasteiger partial charge is 0.257 e. The number of nitrogens with zero attached hydrogens (tertiary/aromatic N) is 2. The molecular formula is C11H7F3N2S. The molecule has 2 nitrogen and oxygen atoms in total. The Morgan fingerprint density at radius 2 is 1.88 bits per heavy atom. The Kier molecular flexibility index (Phi) is 3.06. The van der Waals surface area contributed by atoms with Gasteiger partial charge in [0.2, 0.25) is 0 Å². The lowest BCUT2D eigenvalue weighted by Gasteiger charge is -2.02. The number of fused-ring (bicyclic) bond motifs is 1. The Bertz CT molecular complexity index is 610. The fourth-order valence-corrected chi connectivity index (χ4v) is 1.61. The number of para-hydroxylation sites is 1. The van der Waals surface area contributed by atoms with Gasteiger partial charge < -0.3 is 0 Å².